The summed E-state index contributed by atoms with van der Waals surface area (Å²) in [6.07, 6.45) is 1.07. The quantitative estimate of drug-likeness (QED) is 0.242. The molecule has 0 spiro atoms. The molecule has 166 valence electrons. The Morgan fingerprint density at radius 1 is 0.969 bits per heavy atom. The molecular weight excluding hydrogens is 432 g/mol. The van der Waals surface area contributed by atoms with Crippen LogP contribution in [0.4, 0.5) is 5.69 Å². The first-order valence-corrected chi connectivity index (χ1v) is 11.2. The predicted octanol–water partition coefficient (Wildman–Crippen LogP) is 0.412. The van der Waals surface area contributed by atoms with Gasteiger partial charge in [-0.25, -0.2) is 13.9 Å². The Bertz CT molecular complexity index is 1200. The molecule has 32 heavy (non-hydrogen) atoms. The van der Waals surface area contributed by atoms with E-state index in [0.29, 0.717) is 22.4 Å². The number of hydrogen-bond acceptors (Lipinski definition) is 6. The van der Waals surface area contributed by atoms with Gasteiger partial charge in [-0.15, -0.1) is 0 Å². The summed E-state index contributed by atoms with van der Waals surface area (Å²) >= 11 is 0. The standard InChI is InChI=1S/C22H22N4O5S/c1-15(23)20(22(28)25-29)24-21(27)18-11-7-16(8-12-18)5-3-4-6-17-9-13-19(14-10-17)26-32(2,30)31/h7-15,20,26,29H,23H2,1-2H3,(H,24,27)(H,25,28). The Labute approximate surface area is 186 Å². The number of sulfonamides is 1. The number of rotatable bonds is 6. The minimum absolute atomic E-state index is 0.292. The van der Waals surface area contributed by atoms with E-state index in [0.717, 1.165) is 6.26 Å². The molecule has 0 saturated carbocycles. The third kappa shape index (κ3) is 7.78. The van der Waals surface area contributed by atoms with Crippen molar-refractivity contribution in [1.29, 1.82) is 0 Å². The first-order valence-electron chi connectivity index (χ1n) is 9.29. The molecule has 10 heteroatoms. The number of nitrogens with one attached hydrogen (secondary N) is 3. The summed E-state index contributed by atoms with van der Waals surface area (Å²) in [6.45, 7) is 1.53. The van der Waals surface area contributed by atoms with Crippen LogP contribution < -0.4 is 21.3 Å². The highest BCUT2D eigenvalue weighted by molar-refractivity contribution is 7.92. The van der Waals surface area contributed by atoms with Crippen LogP contribution in [0.2, 0.25) is 0 Å². The summed E-state index contributed by atoms with van der Waals surface area (Å²) in [5, 5.41) is 11.2. The summed E-state index contributed by atoms with van der Waals surface area (Å²) in [7, 11) is -3.33. The zero-order valence-electron chi connectivity index (χ0n) is 17.3. The van der Waals surface area contributed by atoms with E-state index in [9.17, 15) is 18.0 Å². The van der Waals surface area contributed by atoms with Crippen LogP contribution in [0.3, 0.4) is 0 Å². The second-order valence-electron chi connectivity index (χ2n) is 6.82. The Morgan fingerprint density at radius 2 is 1.47 bits per heavy atom. The SMILES string of the molecule is CC(N)C(NC(=O)c1ccc(C#CC#Cc2ccc(NS(C)(=O)=O)cc2)cc1)C(=O)NO. The highest BCUT2D eigenvalue weighted by Crippen LogP contribution is 2.10. The average Bonchev–Trinajstić information content (AvgIpc) is 2.74. The van der Waals surface area contributed by atoms with Crippen molar-refractivity contribution in [3.05, 3.63) is 65.2 Å². The fourth-order valence-electron chi connectivity index (χ4n) is 2.48. The molecular formula is C22H22N4O5S. The minimum atomic E-state index is -3.33. The molecule has 2 atom stereocenters. The largest absolute Gasteiger partial charge is 0.339 e. The van der Waals surface area contributed by atoms with Crippen molar-refractivity contribution in [3.63, 3.8) is 0 Å². The molecule has 0 fully saturated rings. The highest BCUT2D eigenvalue weighted by atomic mass is 32.2. The van der Waals surface area contributed by atoms with E-state index in [2.05, 4.69) is 33.7 Å². The predicted molar refractivity (Wildman–Crippen MR) is 120 cm³/mol. The van der Waals surface area contributed by atoms with Gasteiger partial charge in [-0.2, -0.15) is 0 Å². The number of nitrogens with two attached hydrogens (primary N) is 1. The van der Waals surface area contributed by atoms with Crippen molar-refractivity contribution in [3.8, 4) is 23.7 Å². The number of benzene rings is 2. The lowest BCUT2D eigenvalue weighted by Gasteiger charge is -2.19. The van der Waals surface area contributed by atoms with Crippen molar-refractivity contribution in [2.45, 2.75) is 19.0 Å². The molecule has 0 bridgehead atoms. The molecule has 0 aliphatic rings. The summed E-state index contributed by atoms with van der Waals surface area (Å²) in [5.74, 6) is 9.76. The van der Waals surface area contributed by atoms with Crippen LogP contribution in [0.1, 0.15) is 28.4 Å². The van der Waals surface area contributed by atoms with Gasteiger partial charge in [0.1, 0.15) is 6.04 Å². The maximum atomic E-state index is 12.3. The van der Waals surface area contributed by atoms with Crippen LogP contribution in [0.5, 0.6) is 0 Å². The van der Waals surface area contributed by atoms with E-state index in [4.69, 9.17) is 10.9 Å². The number of carbonyl (C=O) groups is 2. The molecule has 2 aromatic carbocycles. The molecule has 0 heterocycles. The summed E-state index contributed by atoms with van der Waals surface area (Å²) in [4.78, 5) is 23.9. The molecule has 0 radical (unpaired) electrons. The van der Waals surface area contributed by atoms with Gasteiger partial charge in [0.2, 0.25) is 10.0 Å². The number of hydroxylamine groups is 1. The Hall–Kier alpha value is -3.83. The van der Waals surface area contributed by atoms with Gasteiger partial charge in [-0.3, -0.25) is 19.5 Å². The van der Waals surface area contributed by atoms with Crippen LogP contribution in [-0.4, -0.2) is 43.8 Å². The van der Waals surface area contributed by atoms with Crippen molar-refractivity contribution in [2.24, 2.45) is 5.73 Å². The maximum absolute atomic E-state index is 12.3. The Kier molecular flexibility index (Phi) is 8.38. The molecule has 2 amide bonds. The van der Waals surface area contributed by atoms with E-state index < -0.39 is 33.9 Å². The molecule has 0 aliphatic carbocycles. The fraction of sp³-hybridized carbons (Fsp3) is 0.182. The van der Waals surface area contributed by atoms with E-state index >= 15 is 0 Å². The molecule has 6 N–H and O–H groups in total. The summed E-state index contributed by atoms with van der Waals surface area (Å²) in [6, 6.07) is 11.1. The van der Waals surface area contributed by atoms with Crippen LogP contribution >= 0.6 is 0 Å². The monoisotopic (exact) mass is 454 g/mol. The van der Waals surface area contributed by atoms with Crippen molar-refractivity contribution in [1.82, 2.24) is 10.8 Å². The number of anilines is 1. The topological polar surface area (TPSA) is 151 Å². The molecule has 2 unspecified atom stereocenters. The number of amides is 2. The first kappa shape index (κ1) is 24.4. The van der Waals surface area contributed by atoms with E-state index in [-0.39, 0.29) is 0 Å². The van der Waals surface area contributed by atoms with Crippen LogP contribution in [-0.2, 0) is 14.8 Å². The smallest absolute Gasteiger partial charge is 0.267 e. The Morgan fingerprint density at radius 3 is 1.91 bits per heavy atom. The maximum Gasteiger partial charge on any atom is 0.267 e. The average molecular weight is 455 g/mol. The van der Waals surface area contributed by atoms with Gasteiger partial charge in [0.05, 0.1) is 6.26 Å². The van der Waals surface area contributed by atoms with E-state index in [1.807, 2.05) is 0 Å². The molecule has 9 nitrogen and oxygen atoms in total. The number of hydrogen-bond donors (Lipinski definition) is 5. The van der Waals surface area contributed by atoms with Gasteiger partial charge in [0, 0.05) is 28.4 Å². The molecule has 0 aromatic heterocycles. The van der Waals surface area contributed by atoms with Gasteiger partial charge in [-0.05, 0) is 67.3 Å². The lowest BCUT2D eigenvalue weighted by Crippen LogP contribution is -2.54. The lowest BCUT2D eigenvalue weighted by atomic mass is 10.1. The van der Waals surface area contributed by atoms with Crippen molar-refractivity contribution >= 4 is 27.5 Å². The van der Waals surface area contributed by atoms with Crippen molar-refractivity contribution in [2.75, 3.05) is 11.0 Å². The van der Waals surface area contributed by atoms with Gasteiger partial charge >= 0.3 is 0 Å². The Balaban J connectivity index is 2.01. The third-order valence-corrected chi connectivity index (χ3v) is 4.62. The van der Waals surface area contributed by atoms with Gasteiger partial charge in [-0.1, -0.05) is 11.8 Å². The zero-order chi connectivity index (χ0) is 23.7. The van der Waals surface area contributed by atoms with Gasteiger partial charge in [0.15, 0.2) is 0 Å². The first-order chi connectivity index (χ1) is 15.1. The molecule has 0 aliphatic heterocycles. The summed E-state index contributed by atoms with van der Waals surface area (Å²) in [5.41, 5.74) is 9.16. The lowest BCUT2D eigenvalue weighted by molar-refractivity contribution is -0.131. The van der Waals surface area contributed by atoms with Gasteiger partial charge in [0.25, 0.3) is 11.8 Å². The van der Waals surface area contributed by atoms with Crippen LogP contribution in [0, 0.1) is 23.7 Å². The van der Waals surface area contributed by atoms with Crippen LogP contribution in [0.15, 0.2) is 48.5 Å². The van der Waals surface area contributed by atoms with Crippen molar-refractivity contribution < 1.29 is 23.2 Å². The second-order valence-corrected chi connectivity index (χ2v) is 8.56. The minimum Gasteiger partial charge on any atom is -0.339 e. The number of carbonyl (C=O) groups excluding carboxylic acids is 2. The molecule has 2 rings (SSSR count). The summed E-state index contributed by atoms with van der Waals surface area (Å²) < 4.78 is 24.8. The van der Waals surface area contributed by atoms with E-state index in [1.165, 1.54) is 24.5 Å². The molecule has 2 aromatic rings. The second kappa shape index (κ2) is 11.0. The van der Waals surface area contributed by atoms with Crippen LogP contribution in [0.25, 0.3) is 0 Å². The van der Waals surface area contributed by atoms with E-state index in [1.54, 1.807) is 36.4 Å². The highest BCUT2D eigenvalue weighted by Gasteiger charge is 2.24. The normalized spacial score (nSPS) is 12.1. The third-order valence-electron chi connectivity index (χ3n) is 4.02. The van der Waals surface area contributed by atoms with Gasteiger partial charge < -0.3 is 11.1 Å². The fourth-order valence-corrected chi connectivity index (χ4v) is 3.04. The zero-order valence-corrected chi connectivity index (χ0v) is 18.2. The molecule has 0 saturated heterocycles.